The fourth-order valence-electron chi connectivity index (χ4n) is 4.07. The van der Waals surface area contributed by atoms with Gasteiger partial charge in [-0.05, 0) is 48.2 Å². The molecule has 2 heterocycles. The molecule has 1 unspecified atom stereocenters. The summed E-state index contributed by atoms with van der Waals surface area (Å²) in [6.07, 6.45) is 0.645. The molecule has 0 radical (unpaired) electrons. The van der Waals surface area contributed by atoms with Crippen LogP contribution in [0.25, 0.3) is 11.1 Å². The average molecular weight is 420 g/mol. The monoisotopic (exact) mass is 420 g/mol. The highest BCUT2D eigenvalue weighted by atomic mass is 16.3. The third-order valence-electron chi connectivity index (χ3n) is 6.16. The van der Waals surface area contributed by atoms with Crippen molar-refractivity contribution in [2.45, 2.75) is 24.6 Å². The summed E-state index contributed by atoms with van der Waals surface area (Å²) in [5.74, 6) is -0.263. The van der Waals surface area contributed by atoms with E-state index in [4.69, 9.17) is 0 Å². The molecule has 1 aliphatic carbocycles. The van der Waals surface area contributed by atoms with Crippen LogP contribution < -0.4 is 10.7 Å². The Morgan fingerprint density at radius 1 is 0.903 bits per heavy atom. The van der Waals surface area contributed by atoms with Gasteiger partial charge in [-0.2, -0.15) is 0 Å². The first-order chi connectivity index (χ1) is 15.0. The zero-order valence-electron chi connectivity index (χ0n) is 17.1. The molecule has 1 saturated carbocycles. The second-order valence-electron chi connectivity index (χ2n) is 8.32. The summed E-state index contributed by atoms with van der Waals surface area (Å²) in [5.41, 5.74) is 1.39. The van der Waals surface area contributed by atoms with E-state index in [0.29, 0.717) is 44.6 Å². The van der Waals surface area contributed by atoms with Crippen LogP contribution >= 0.6 is 0 Å². The van der Waals surface area contributed by atoms with E-state index in [1.54, 1.807) is 9.80 Å². The molecule has 0 spiro atoms. The molecule has 3 aliphatic rings. The van der Waals surface area contributed by atoms with E-state index in [1.807, 2.05) is 42.5 Å². The number of hydrogen-bond donors (Lipinski definition) is 2. The lowest BCUT2D eigenvalue weighted by atomic mass is 10.0. The fraction of sp³-hybridized carbons (Fsp3) is 0.391. The molecule has 160 valence electrons. The molecule has 2 amide bonds. The van der Waals surface area contributed by atoms with Gasteiger partial charge in [-0.3, -0.25) is 19.6 Å². The molecule has 5 rings (SSSR count). The quantitative estimate of drug-likeness (QED) is 0.711. The minimum atomic E-state index is -1.15. The Labute approximate surface area is 179 Å². The van der Waals surface area contributed by atoms with Crippen molar-refractivity contribution in [2.75, 3.05) is 32.8 Å². The highest BCUT2D eigenvalue weighted by Gasteiger charge is 2.50. The number of rotatable bonds is 4. The molecule has 2 aromatic rings. The molecule has 2 N–H and O–H groups in total. The number of fused-ring (bicyclic) bond motifs is 1. The summed E-state index contributed by atoms with van der Waals surface area (Å²) in [5, 5.41) is 20.8. The average Bonchev–Trinajstić information content (AvgIpc) is 3.43. The Kier molecular flexibility index (Phi) is 4.83. The van der Waals surface area contributed by atoms with Gasteiger partial charge in [-0.25, -0.2) is 0 Å². The Bertz CT molecular complexity index is 1150. The van der Waals surface area contributed by atoms with E-state index in [1.165, 1.54) is 0 Å². The zero-order chi connectivity index (χ0) is 21.6. The lowest BCUT2D eigenvalue weighted by molar-refractivity contribution is -0.143. The number of piperazine rings is 1. The molecule has 2 aromatic carbocycles. The third-order valence-corrected chi connectivity index (χ3v) is 6.16. The van der Waals surface area contributed by atoms with E-state index in [2.05, 4.69) is 9.98 Å². The van der Waals surface area contributed by atoms with Crippen LogP contribution in [-0.2, 0) is 4.79 Å². The van der Waals surface area contributed by atoms with Crippen LogP contribution in [0.2, 0.25) is 0 Å². The fourth-order valence-corrected chi connectivity index (χ4v) is 4.07. The lowest BCUT2D eigenvalue weighted by Crippen LogP contribution is -2.53. The molecular weight excluding hydrogens is 396 g/mol. The Hall–Kier alpha value is -3.10. The molecule has 8 heteroatoms. The third kappa shape index (κ3) is 3.73. The van der Waals surface area contributed by atoms with Gasteiger partial charge in [0.25, 0.3) is 11.8 Å². The van der Waals surface area contributed by atoms with Crippen LogP contribution in [0, 0.1) is 0 Å². The van der Waals surface area contributed by atoms with Crippen molar-refractivity contribution in [2.24, 2.45) is 9.98 Å². The largest absolute Gasteiger partial charge is 0.392 e. The van der Waals surface area contributed by atoms with Gasteiger partial charge in [0.15, 0.2) is 6.17 Å². The standard InChI is InChI=1S/C23H24N4O4/c28-14-20-24-18-6-5-17(13-19(18)25-20)15-1-3-16(4-2-15)21(29)26-9-11-27(12-10-26)22(30)23(31)7-8-23/h1-6,13,20,28,31H,7-12,14H2. The van der Waals surface area contributed by atoms with Crippen LogP contribution in [0.15, 0.2) is 52.4 Å². The number of hydrogen-bond acceptors (Lipinski definition) is 6. The first kappa shape index (κ1) is 19.8. The topological polar surface area (TPSA) is 106 Å². The van der Waals surface area contributed by atoms with E-state index in [-0.39, 0.29) is 18.4 Å². The molecule has 1 atom stereocenters. The maximum absolute atomic E-state index is 12.9. The predicted molar refractivity (Wildman–Crippen MR) is 112 cm³/mol. The maximum atomic E-state index is 12.9. The second kappa shape index (κ2) is 7.55. The van der Waals surface area contributed by atoms with Crippen molar-refractivity contribution in [3.8, 4) is 11.1 Å². The lowest BCUT2D eigenvalue weighted by Gasteiger charge is -2.35. The zero-order valence-corrected chi connectivity index (χ0v) is 17.1. The molecule has 31 heavy (non-hydrogen) atoms. The summed E-state index contributed by atoms with van der Waals surface area (Å²) in [4.78, 5) is 37.2. The smallest absolute Gasteiger partial charge is 0.254 e. The van der Waals surface area contributed by atoms with Crippen molar-refractivity contribution >= 4 is 11.8 Å². The number of nitrogens with zero attached hydrogens (tertiary/aromatic N) is 4. The highest BCUT2D eigenvalue weighted by Crippen LogP contribution is 2.37. The first-order valence-corrected chi connectivity index (χ1v) is 10.5. The van der Waals surface area contributed by atoms with Crippen LogP contribution in [0.4, 0.5) is 0 Å². The van der Waals surface area contributed by atoms with Gasteiger partial charge in [0, 0.05) is 31.7 Å². The molecule has 1 saturated heterocycles. The molecule has 2 aliphatic heterocycles. The van der Waals surface area contributed by atoms with E-state index < -0.39 is 11.8 Å². The molecule has 0 aromatic heterocycles. The van der Waals surface area contributed by atoms with Crippen molar-refractivity contribution in [3.05, 3.63) is 58.7 Å². The Balaban J connectivity index is 1.25. The van der Waals surface area contributed by atoms with Gasteiger partial charge in [0.2, 0.25) is 0 Å². The van der Waals surface area contributed by atoms with E-state index >= 15 is 0 Å². The van der Waals surface area contributed by atoms with Gasteiger partial charge < -0.3 is 20.0 Å². The Morgan fingerprint density at radius 2 is 1.52 bits per heavy atom. The van der Waals surface area contributed by atoms with Crippen molar-refractivity contribution in [1.82, 2.24) is 9.80 Å². The molecular formula is C23H24N4O4. The number of carbonyl (C=O) groups excluding carboxylic acids is 2. The van der Waals surface area contributed by atoms with Gasteiger partial charge in [0.1, 0.15) is 5.60 Å². The number of amides is 2. The minimum Gasteiger partial charge on any atom is -0.392 e. The number of aliphatic hydroxyl groups excluding tert-OH is 1. The van der Waals surface area contributed by atoms with Crippen LogP contribution in [-0.4, -0.2) is 76.4 Å². The van der Waals surface area contributed by atoms with Crippen LogP contribution in [0.5, 0.6) is 0 Å². The summed E-state index contributed by atoms with van der Waals surface area (Å²) in [6, 6.07) is 13.2. The highest BCUT2D eigenvalue weighted by molar-refractivity contribution is 5.95. The number of benzene rings is 2. The van der Waals surface area contributed by atoms with Crippen molar-refractivity contribution in [3.63, 3.8) is 0 Å². The predicted octanol–water partition coefficient (Wildman–Crippen LogP) is -0.266. The van der Waals surface area contributed by atoms with Crippen LogP contribution in [0.1, 0.15) is 23.2 Å². The van der Waals surface area contributed by atoms with E-state index in [0.717, 1.165) is 21.8 Å². The number of aliphatic hydroxyl groups is 2. The molecule has 0 bridgehead atoms. The second-order valence-corrected chi connectivity index (χ2v) is 8.32. The van der Waals surface area contributed by atoms with Crippen LogP contribution in [0.3, 0.4) is 0 Å². The summed E-state index contributed by atoms with van der Waals surface area (Å²) in [7, 11) is 0. The summed E-state index contributed by atoms with van der Waals surface area (Å²) < 4.78 is 0. The first-order valence-electron chi connectivity index (χ1n) is 10.5. The van der Waals surface area contributed by atoms with Gasteiger partial charge in [0.05, 0.1) is 17.3 Å². The Morgan fingerprint density at radius 3 is 2.16 bits per heavy atom. The minimum absolute atomic E-state index is 0.0580. The SMILES string of the molecule is O=C(c1ccc(-c2ccc3c(c2)=NC(CO)N=3)cc1)N1CCN(C(=O)C2(O)CC2)CC1. The number of carbonyl (C=O) groups is 2. The molecule has 8 nitrogen and oxygen atoms in total. The van der Waals surface area contributed by atoms with Gasteiger partial charge >= 0.3 is 0 Å². The maximum Gasteiger partial charge on any atom is 0.254 e. The normalized spacial score (nSPS) is 21.2. The van der Waals surface area contributed by atoms with Gasteiger partial charge in [-0.1, -0.05) is 18.2 Å². The van der Waals surface area contributed by atoms with Gasteiger partial charge in [-0.15, -0.1) is 0 Å². The summed E-state index contributed by atoms with van der Waals surface area (Å²) >= 11 is 0. The van der Waals surface area contributed by atoms with E-state index in [9.17, 15) is 19.8 Å². The summed E-state index contributed by atoms with van der Waals surface area (Å²) in [6.45, 7) is 1.71. The molecule has 2 fully saturated rings. The van der Waals surface area contributed by atoms with Crippen molar-refractivity contribution in [1.29, 1.82) is 0 Å². The van der Waals surface area contributed by atoms with Crippen molar-refractivity contribution < 1.29 is 19.8 Å².